The second-order valence-electron chi connectivity index (χ2n) is 9.16. The van der Waals surface area contributed by atoms with Crippen molar-refractivity contribution >= 4 is 0 Å². The number of allylic oxidation sites excluding steroid dienone is 1. The summed E-state index contributed by atoms with van der Waals surface area (Å²) in [6.07, 6.45) is 11.9. The van der Waals surface area contributed by atoms with E-state index in [9.17, 15) is 10.2 Å². The molecule has 0 radical (unpaired) electrons. The Kier molecular flexibility index (Phi) is 3.51. The molecule has 2 nitrogen and oxygen atoms in total. The molecular weight excluding hydrogens is 272 g/mol. The van der Waals surface area contributed by atoms with Gasteiger partial charge in [-0.05, 0) is 85.9 Å². The second-order valence-corrected chi connectivity index (χ2v) is 9.16. The summed E-state index contributed by atoms with van der Waals surface area (Å²) in [6.45, 7) is 5.34. The molecule has 7 atom stereocenters. The number of aliphatic hydroxyl groups is 2. The summed E-state index contributed by atoms with van der Waals surface area (Å²) in [4.78, 5) is 0. The monoisotopic (exact) mass is 304 g/mol. The largest absolute Gasteiger partial charge is 0.396 e. The van der Waals surface area contributed by atoms with E-state index in [1.807, 2.05) is 0 Å². The quantitative estimate of drug-likeness (QED) is 0.721. The van der Waals surface area contributed by atoms with Gasteiger partial charge in [0.1, 0.15) is 0 Å². The zero-order chi connectivity index (χ0) is 15.5. The SMILES string of the molecule is CC12CCC(O)CC1=CCC1C2CCC2(C)C(CO)CCC12. The van der Waals surface area contributed by atoms with Gasteiger partial charge in [0.05, 0.1) is 6.10 Å². The third-order valence-corrected chi connectivity index (χ3v) is 8.49. The Balaban J connectivity index is 1.66. The van der Waals surface area contributed by atoms with Gasteiger partial charge in [0.2, 0.25) is 0 Å². The summed E-state index contributed by atoms with van der Waals surface area (Å²) in [5.74, 6) is 2.98. The Bertz CT molecular complexity index is 484. The summed E-state index contributed by atoms with van der Waals surface area (Å²) in [7, 11) is 0. The van der Waals surface area contributed by atoms with Gasteiger partial charge >= 0.3 is 0 Å². The van der Waals surface area contributed by atoms with Crippen LogP contribution in [-0.4, -0.2) is 22.9 Å². The molecule has 4 aliphatic carbocycles. The molecule has 0 aromatic carbocycles. The first-order valence-electron chi connectivity index (χ1n) is 9.47. The molecule has 2 N–H and O–H groups in total. The molecule has 0 spiro atoms. The van der Waals surface area contributed by atoms with Crippen LogP contribution in [0.5, 0.6) is 0 Å². The molecule has 0 aromatic rings. The van der Waals surface area contributed by atoms with E-state index in [0.29, 0.717) is 23.4 Å². The third kappa shape index (κ3) is 1.92. The first kappa shape index (κ1) is 15.2. The molecule has 7 unspecified atom stereocenters. The molecule has 0 saturated heterocycles. The zero-order valence-electron chi connectivity index (χ0n) is 14.2. The Morgan fingerprint density at radius 1 is 1.09 bits per heavy atom. The van der Waals surface area contributed by atoms with E-state index in [1.54, 1.807) is 5.57 Å². The maximum atomic E-state index is 10.0. The molecule has 22 heavy (non-hydrogen) atoms. The van der Waals surface area contributed by atoms with Crippen molar-refractivity contribution in [1.29, 1.82) is 0 Å². The van der Waals surface area contributed by atoms with E-state index in [0.717, 1.165) is 30.6 Å². The van der Waals surface area contributed by atoms with Crippen LogP contribution in [0.25, 0.3) is 0 Å². The van der Waals surface area contributed by atoms with Gasteiger partial charge in [0.25, 0.3) is 0 Å². The molecule has 2 heteroatoms. The van der Waals surface area contributed by atoms with Gasteiger partial charge < -0.3 is 10.2 Å². The zero-order valence-corrected chi connectivity index (χ0v) is 14.2. The lowest BCUT2D eigenvalue weighted by atomic mass is 9.47. The second kappa shape index (κ2) is 5.08. The minimum absolute atomic E-state index is 0.102. The van der Waals surface area contributed by atoms with E-state index < -0.39 is 0 Å². The maximum absolute atomic E-state index is 10.0. The Morgan fingerprint density at radius 3 is 2.68 bits per heavy atom. The number of hydrogen-bond acceptors (Lipinski definition) is 2. The topological polar surface area (TPSA) is 40.5 Å². The first-order valence-corrected chi connectivity index (χ1v) is 9.47. The number of aliphatic hydroxyl groups excluding tert-OH is 2. The van der Waals surface area contributed by atoms with Crippen LogP contribution >= 0.6 is 0 Å². The van der Waals surface area contributed by atoms with Crippen molar-refractivity contribution in [3.05, 3.63) is 11.6 Å². The Hall–Kier alpha value is -0.340. The van der Waals surface area contributed by atoms with E-state index in [4.69, 9.17) is 0 Å². The van der Waals surface area contributed by atoms with Crippen molar-refractivity contribution in [3.63, 3.8) is 0 Å². The van der Waals surface area contributed by atoms with Gasteiger partial charge in [0, 0.05) is 6.61 Å². The van der Waals surface area contributed by atoms with Crippen LogP contribution in [0.2, 0.25) is 0 Å². The summed E-state index contributed by atoms with van der Waals surface area (Å²) in [5, 5.41) is 19.8. The molecule has 3 fully saturated rings. The summed E-state index contributed by atoms with van der Waals surface area (Å²) < 4.78 is 0. The van der Waals surface area contributed by atoms with Gasteiger partial charge in [-0.15, -0.1) is 0 Å². The van der Waals surface area contributed by atoms with Crippen LogP contribution in [0, 0.1) is 34.5 Å². The molecule has 124 valence electrons. The highest BCUT2D eigenvalue weighted by molar-refractivity contribution is 5.25. The molecule has 0 bridgehead atoms. The average molecular weight is 304 g/mol. The van der Waals surface area contributed by atoms with Crippen molar-refractivity contribution in [2.24, 2.45) is 34.5 Å². The average Bonchev–Trinajstić information content (AvgIpc) is 2.84. The summed E-state index contributed by atoms with van der Waals surface area (Å²) in [5.41, 5.74) is 2.29. The lowest BCUT2D eigenvalue weighted by Gasteiger charge is -2.58. The molecule has 4 rings (SSSR count). The molecule has 0 heterocycles. The molecule has 0 aromatic heterocycles. The van der Waals surface area contributed by atoms with Crippen LogP contribution < -0.4 is 0 Å². The van der Waals surface area contributed by atoms with Crippen LogP contribution in [0.4, 0.5) is 0 Å². The smallest absolute Gasteiger partial charge is 0.0577 e. The first-order chi connectivity index (χ1) is 10.5. The third-order valence-electron chi connectivity index (χ3n) is 8.49. The number of fused-ring (bicyclic) bond motifs is 5. The standard InChI is InChI=1S/C20H32O2/c1-19-9-7-15(22)11-13(19)3-5-16-17-6-4-14(12-21)20(17,2)10-8-18(16)19/h3,14-18,21-22H,4-12H2,1-2H3. The van der Waals surface area contributed by atoms with Crippen LogP contribution in [0.3, 0.4) is 0 Å². The molecule has 3 saturated carbocycles. The van der Waals surface area contributed by atoms with Crippen LogP contribution in [0.15, 0.2) is 11.6 Å². The van der Waals surface area contributed by atoms with E-state index in [-0.39, 0.29) is 6.10 Å². The van der Waals surface area contributed by atoms with Gasteiger partial charge in [-0.25, -0.2) is 0 Å². The van der Waals surface area contributed by atoms with Crippen molar-refractivity contribution in [3.8, 4) is 0 Å². The van der Waals surface area contributed by atoms with Gasteiger partial charge in [-0.3, -0.25) is 0 Å². The predicted octanol–water partition coefficient (Wildman–Crippen LogP) is 3.92. The highest BCUT2D eigenvalue weighted by Gasteiger charge is 2.58. The summed E-state index contributed by atoms with van der Waals surface area (Å²) >= 11 is 0. The van der Waals surface area contributed by atoms with Crippen molar-refractivity contribution in [1.82, 2.24) is 0 Å². The van der Waals surface area contributed by atoms with Crippen molar-refractivity contribution < 1.29 is 10.2 Å². The maximum Gasteiger partial charge on any atom is 0.0577 e. The highest BCUT2D eigenvalue weighted by Crippen LogP contribution is 2.66. The predicted molar refractivity (Wildman–Crippen MR) is 88.3 cm³/mol. The molecule has 0 aliphatic heterocycles. The fraction of sp³-hybridized carbons (Fsp3) is 0.900. The van der Waals surface area contributed by atoms with Crippen molar-refractivity contribution in [2.75, 3.05) is 6.61 Å². The lowest BCUT2D eigenvalue weighted by Crippen LogP contribution is -2.50. The Morgan fingerprint density at radius 2 is 1.91 bits per heavy atom. The molecule has 0 amide bonds. The molecule has 4 aliphatic rings. The van der Waals surface area contributed by atoms with E-state index >= 15 is 0 Å². The Labute approximate surface area is 135 Å². The fourth-order valence-electron chi connectivity index (χ4n) is 7.05. The minimum Gasteiger partial charge on any atom is -0.396 e. The summed E-state index contributed by atoms with van der Waals surface area (Å²) in [6, 6.07) is 0. The highest BCUT2D eigenvalue weighted by atomic mass is 16.3. The van der Waals surface area contributed by atoms with E-state index in [1.165, 1.54) is 38.5 Å². The van der Waals surface area contributed by atoms with Gasteiger partial charge in [0.15, 0.2) is 0 Å². The van der Waals surface area contributed by atoms with E-state index in [2.05, 4.69) is 19.9 Å². The normalized spacial score (nSPS) is 54.2. The van der Waals surface area contributed by atoms with Gasteiger partial charge in [-0.1, -0.05) is 25.5 Å². The molecular formula is C20H32O2. The lowest BCUT2D eigenvalue weighted by molar-refractivity contribution is -0.0562. The van der Waals surface area contributed by atoms with Gasteiger partial charge in [-0.2, -0.15) is 0 Å². The fourth-order valence-corrected chi connectivity index (χ4v) is 7.05. The van der Waals surface area contributed by atoms with Crippen LogP contribution in [-0.2, 0) is 0 Å². The van der Waals surface area contributed by atoms with Crippen molar-refractivity contribution in [2.45, 2.75) is 71.3 Å². The number of rotatable bonds is 1. The minimum atomic E-state index is -0.102. The number of hydrogen-bond donors (Lipinski definition) is 2. The van der Waals surface area contributed by atoms with Crippen LogP contribution in [0.1, 0.15) is 65.2 Å².